The lowest BCUT2D eigenvalue weighted by Gasteiger charge is -2.27. The molecule has 1 saturated carbocycles. The minimum Gasteiger partial charge on any atom is -0.379 e. The summed E-state index contributed by atoms with van der Waals surface area (Å²) in [5, 5.41) is 30.8. The van der Waals surface area contributed by atoms with Crippen LogP contribution in [0.3, 0.4) is 0 Å². The van der Waals surface area contributed by atoms with Crippen LogP contribution < -0.4 is 10.2 Å². The molecule has 0 atom stereocenters. The Morgan fingerprint density at radius 1 is 1.04 bits per heavy atom. The van der Waals surface area contributed by atoms with Crippen molar-refractivity contribution in [2.45, 2.75) is 44.1 Å². The summed E-state index contributed by atoms with van der Waals surface area (Å²) in [6.07, 6.45) is -1.42. The van der Waals surface area contributed by atoms with Crippen LogP contribution >= 0.6 is 0 Å². The summed E-state index contributed by atoms with van der Waals surface area (Å²) in [4.78, 5) is 22.0. The molecule has 4 heterocycles. The number of rotatable bonds is 8. The van der Waals surface area contributed by atoms with E-state index in [0.29, 0.717) is 65.8 Å². The quantitative estimate of drug-likeness (QED) is 0.269. The molecule has 4 aromatic rings. The average molecular weight is 654 g/mol. The molecule has 7 rings (SSSR count). The van der Waals surface area contributed by atoms with Crippen molar-refractivity contribution in [1.29, 1.82) is 10.5 Å². The lowest BCUT2D eigenvalue weighted by molar-refractivity contribution is -0.138. The van der Waals surface area contributed by atoms with Crippen molar-refractivity contribution < 1.29 is 22.7 Å². The number of anilines is 2. The van der Waals surface area contributed by atoms with Crippen LogP contribution in [0.1, 0.15) is 51.9 Å². The zero-order chi connectivity index (χ0) is 33.6. The summed E-state index contributed by atoms with van der Waals surface area (Å²) in [7, 11) is 1.78. The molecule has 2 fully saturated rings. The van der Waals surface area contributed by atoms with E-state index in [-0.39, 0.29) is 36.5 Å². The first-order valence-corrected chi connectivity index (χ1v) is 15.5. The van der Waals surface area contributed by atoms with E-state index < -0.39 is 23.2 Å². The number of morpholine rings is 1. The number of pyridine rings is 1. The van der Waals surface area contributed by atoms with Gasteiger partial charge in [0.2, 0.25) is 0 Å². The van der Waals surface area contributed by atoms with Crippen LogP contribution in [-0.2, 0) is 31.1 Å². The van der Waals surface area contributed by atoms with Crippen LogP contribution in [0.25, 0.3) is 22.5 Å². The van der Waals surface area contributed by atoms with Crippen LogP contribution in [0.2, 0.25) is 0 Å². The maximum Gasteiger partial charge on any atom is 0.416 e. The van der Waals surface area contributed by atoms with E-state index in [1.165, 1.54) is 4.90 Å². The molecule has 2 aliphatic heterocycles. The lowest BCUT2D eigenvalue weighted by Crippen LogP contribution is -2.35. The summed E-state index contributed by atoms with van der Waals surface area (Å²) in [6.45, 7) is 2.09. The number of nitrogens with zero attached hydrogens (tertiary/aromatic N) is 8. The van der Waals surface area contributed by atoms with Gasteiger partial charge in [-0.2, -0.15) is 23.7 Å². The van der Waals surface area contributed by atoms with Crippen molar-refractivity contribution in [3.05, 3.63) is 76.6 Å². The summed E-state index contributed by atoms with van der Waals surface area (Å²) >= 11 is 0. The molecule has 3 aliphatic rings. The average Bonchev–Trinajstić information content (AvgIpc) is 3.54. The highest BCUT2D eigenvalue weighted by molar-refractivity contribution is 6.10. The van der Waals surface area contributed by atoms with E-state index in [2.05, 4.69) is 27.7 Å². The number of hydrogen-bond acceptors (Lipinski definition) is 9. The van der Waals surface area contributed by atoms with Gasteiger partial charge in [0.05, 0.1) is 55.0 Å². The van der Waals surface area contributed by atoms with Crippen molar-refractivity contribution in [3.63, 3.8) is 0 Å². The first-order valence-electron chi connectivity index (χ1n) is 15.5. The largest absolute Gasteiger partial charge is 0.416 e. The van der Waals surface area contributed by atoms with Crippen LogP contribution in [0, 0.1) is 22.7 Å². The normalized spacial score (nSPS) is 17.1. The molecule has 0 radical (unpaired) electrons. The number of carbonyl (C=O) groups is 1. The van der Waals surface area contributed by atoms with Gasteiger partial charge in [0.25, 0.3) is 5.91 Å². The maximum absolute atomic E-state index is 14.5. The third kappa shape index (κ3) is 5.96. The highest BCUT2D eigenvalue weighted by atomic mass is 19.4. The second kappa shape index (κ2) is 12.0. The third-order valence-electron chi connectivity index (χ3n) is 9.08. The Morgan fingerprint density at radius 3 is 2.50 bits per heavy atom. The van der Waals surface area contributed by atoms with Crippen molar-refractivity contribution in [1.82, 2.24) is 24.6 Å². The van der Waals surface area contributed by atoms with Crippen molar-refractivity contribution in [2.24, 2.45) is 7.05 Å². The van der Waals surface area contributed by atoms with Gasteiger partial charge in [-0.05, 0) is 77.6 Å². The van der Waals surface area contributed by atoms with Gasteiger partial charge in [0.1, 0.15) is 18.0 Å². The Bertz CT molecular complexity index is 2000. The predicted octanol–water partition coefficient (Wildman–Crippen LogP) is 5.29. The Balaban J connectivity index is 1.34. The summed E-state index contributed by atoms with van der Waals surface area (Å²) in [5.74, 6) is 0.428. The smallest absolute Gasteiger partial charge is 0.379 e. The number of nitrogens with one attached hydrogen (secondary N) is 1. The fourth-order valence-electron chi connectivity index (χ4n) is 6.38. The predicted molar refractivity (Wildman–Crippen MR) is 168 cm³/mol. The van der Waals surface area contributed by atoms with Crippen LogP contribution in [0.4, 0.5) is 24.8 Å². The van der Waals surface area contributed by atoms with Crippen LogP contribution in [0.15, 0.2) is 48.8 Å². The molecule has 244 valence electrons. The highest BCUT2D eigenvalue weighted by Gasteiger charge is 2.44. The number of aromatic nitrogens is 4. The van der Waals surface area contributed by atoms with E-state index in [9.17, 15) is 28.5 Å². The number of fused-ring (bicyclic) bond motifs is 1. The number of nitriles is 2. The van der Waals surface area contributed by atoms with Crippen LogP contribution in [0.5, 0.6) is 0 Å². The Hall–Kier alpha value is -5.31. The minimum absolute atomic E-state index is 0.0100. The van der Waals surface area contributed by atoms with E-state index in [1.54, 1.807) is 54.3 Å². The number of halogens is 3. The van der Waals surface area contributed by atoms with Gasteiger partial charge in [0.15, 0.2) is 5.82 Å². The lowest BCUT2D eigenvalue weighted by atomic mass is 9.97. The van der Waals surface area contributed by atoms with Gasteiger partial charge in [-0.25, -0.2) is 4.98 Å². The molecule has 48 heavy (non-hydrogen) atoms. The molecule has 2 aromatic heterocycles. The van der Waals surface area contributed by atoms with E-state index in [1.807, 2.05) is 4.90 Å². The van der Waals surface area contributed by atoms with Gasteiger partial charge in [-0.1, -0.05) is 0 Å². The molecule has 0 unspecified atom stereocenters. The van der Waals surface area contributed by atoms with Crippen LogP contribution in [-0.4, -0.2) is 62.4 Å². The number of carbonyl (C=O) groups excluding carboxylic acids is 1. The number of alkyl halides is 3. The molecule has 0 spiro atoms. The monoisotopic (exact) mass is 653 g/mol. The maximum atomic E-state index is 14.5. The van der Waals surface area contributed by atoms with Gasteiger partial charge < -0.3 is 14.6 Å². The van der Waals surface area contributed by atoms with Gasteiger partial charge >= 0.3 is 6.18 Å². The zero-order valence-electron chi connectivity index (χ0n) is 26.0. The van der Waals surface area contributed by atoms with Crippen molar-refractivity contribution in [2.75, 3.05) is 36.5 Å². The molecule has 1 aliphatic carbocycles. The van der Waals surface area contributed by atoms with Crippen molar-refractivity contribution >= 4 is 17.5 Å². The highest BCUT2D eigenvalue weighted by Crippen LogP contribution is 2.44. The molecule has 1 amide bonds. The number of ether oxygens (including phenoxy) is 1. The zero-order valence-corrected chi connectivity index (χ0v) is 26.0. The molecule has 1 saturated heterocycles. The molecule has 0 bridgehead atoms. The second-order valence-electron chi connectivity index (χ2n) is 12.4. The molecular formula is C34H30F3N9O2. The minimum atomic E-state index is -4.68. The first-order chi connectivity index (χ1) is 23.1. The number of amides is 1. The molecular weight excluding hydrogens is 623 g/mol. The fourth-order valence-corrected chi connectivity index (χ4v) is 6.38. The van der Waals surface area contributed by atoms with Gasteiger partial charge in [-0.3, -0.25) is 14.6 Å². The molecule has 1 N–H and O–H groups in total. The topological polar surface area (TPSA) is 136 Å². The van der Waals surface area contributed by atoms with Gasteiger partial charge in [0, 0.05) is 37.8 Å². The Kier molecular flexibility index (Phi) is 7.86. The summed E-state index contributed by atoms with van der Waals surface area (Å²) in [6, 6.07) is 15.6. The molecule has 14 heteroatoms. The van der Waals surface area contributed by atoms with Crippen molar-refractivity contribution in [3.8, 4) is 34.7 Å². The molecule has 2 aromatic carbocycles. The SMILES string of the molecule is Cn1cnnc1-c1ccc(C#N)cc1-c1cc(NC2(CC#N)CC2)nc(N2Cc3c(cc(CN4CCOCC4)cc3C(F)(F)F)C2=O)c1. The Morgan fingerprint density at radius 2 is 1.83 bits per heavy atom. The standard InChI is InChI=1S/C34H30F3N9O2/c1-44-20-40-43-31(44)24-3-2-21(17-39)12-25(24)23-15-29(42-33(4-5-33)6-7-38)41-30(16-23)46-19-27-26(32(46)47)13-22(14-28(27)34(35,36)37)18-45-8-10-48-11-9-45/h2-3,12-16,20H,4-6,8-11,18-19H2,1H3,(H,41,42). The summed E-state index contributed by atoms with van der Waals surface area (Å²) in [5.41, 5.74) is 1.13. The Labute approximate surface area is 274 Å². The van der Waals surface area contributed by atoms with E-state index in [4.69, 9.17) is 9.72 Å². The number of benzene rings is 2. The third-order valence-corrected chi connectivity index (χ3v) is 9.08. The summed E-state index contributed by atoms with van der Waals surface area (Å²) < 4.78 is 50.6. The first kappa shape index (κ1) is 31.3. The van der Waals surface area contributed by atoms with Gasteiger partial charge in [-0.15, -0.1) is 10.2 Å². The fraction of sp³-hybridized carbons (Fsp3) is 0.353. The van der Waals surface area contributed by atoms with E-state index in [0.717, 1.165) is 18.9 Å². The molecule has 11 nitrogen and oxygen atoms in total. The van der Waals surface area contributed by atoms with E-state index >= 15 is 0 Å². The number of hydrogen-bond donors (Lipinski definition) is 1. The number of aryl methyl sites for hydroxylation is 1. The second-order valence-corrected chi connectivity index (χ2v) is 12.4.